The summed E-state index contributed by atoms with van der Waals surface area (Å²) in [5, 5.41) is 6.27. The summed E-state index contributed by atoms with van der Waals surface area (Å²) in [4.78, 5) is 20.8. The second-order valence-corrected chi connectivity index (χ2v) is 5.71. The van der Waals surface area contributed by atoms with Crippen molar-refractivity contribution in [2.24, 2.45) is 0 Å². The van der Waals surface area contributed by atoms with Crippen molar-refractivity contribution in [1.29, 1.82) is 0 Å². The van der Waals surface area contributed by atoms with Crippen LogP contribution in [0.2, 0.25) is 0 Å². The zero-order valence-electron chi connectivity index (χ0n) is 14.4. The summed E-state index contributed by atoms with van der Waals surface area (Å²) >= 11 is 0. The lowest BCUT2D eigenvalue weighted by Crippen LogP contribution is -2.50. The molecule has 2 heterocycles. The summed E-state index contributed by atoms with van der Waals surface area (Å²) in [6.07, 6.45) is 1.82. The fourth-order valence-electron chi connectivity index (χ4n) is 2.62. The molecule has 0 saturated carbocycles. The van der Waals surface area contributed by atoms with Gasteiger partial charge in [0, 0.05) is 45.0 Å². The number of likely N-dealkylation sites (N-methyl/N-ethyl adjacent to an activating group) is 1. The fraction of sp³-hybridized carbons (Fsp3) is 0.625. The lowest BCUT2D eigenvalue weighted by atomic mass is 10.3. The van der Waals surface area contributed by atoms with E-state index in [1.54, 1.807) is 0 Å². The van der Waals surface area contributed by atoms with Crippen LogP contribution >= 0.6 is 24.8 Å². The fourth-order valence-corrected chi connectivity index (χ4v) is 2.62. The van der Waals surface area contributed by atoms with E-state index < -0.39 is 0 Å². The van der Waals surface area contributed by atoms with E-state index in [1.165, 1.54) is 0 Å². The van der Waals surface area contributed by atoms with Crippen LogP contribution in [0.25, 0.3) is 0 Å². The van der Waals surface area contributed by atoms with Crippen LogP contribution in [0.4, 0.5) is 5.82 Å². The van der Waals surface area contributed by atoms with E-state index >= 15 is 0 Å². The summed E-state index contributed by atoms with van der Waals surface area (Å²) in [7, 11) is 0. The van der Waals surface area contributed by atoms with Crippen LogP contribution in [-0.4, -0.2) is 67.6 Å². The Hall–Kier alpha value is -1.08. The third-order valence-corrected chi connectivity index (χ3v) is 3.87. The molecule has 1 saturated heterocycles. The Morgan fingerprint density at radius 2 is 1.96 bits per heavy atom. The standard InChI is InChI=1S/C16H27N5O.2ClH/c1-3-17-14(2)12-19-16(22)13-20-8-10-21(11-9-20)15-6-4-5-7-18-15;;/h4-7,14,17H,3,8-13H2,1-2H3,(H,19,22);2*1H/t14-;;/m1../s1. The molecule has 0 spiro atoms. The van der Waals surface area contributed by atoms with Crippen molar-refractivity contribution in [2.45, 2.75) is 19.9 Å². The van der Waals surface area contributed by atoms with Crippen LogP contribution in [0.5, 0.6) is 0 Å². The number of piperazine rings is 1. The minimum Gasteiger partial charge on any atom is -0.354 e. The molecular formula is C16H29Cl2N5O. The zero-order valence-corrected chi connectivity index (χ0v) is 16.0. The molecule has 1 aromatic rings. The number of pyridine rings is 1. The Bertz CT molecular complexity index is 455. The number of amides is 1. The minimum absolute atomic E-state index is 0. The van der Waals surface area contributed by atoms with E-state index in [2.05, 4.69) is 39.3 Å². The molecule has 1 aliphatic rings. The van der Waals surface area contributed by atoms with Crippen molar-refractivity contribution in [3.05, 3.63) is 24.4 Å². The minimum atomic E-state index is 0. The van der Waals surface area contributed by atoms with Crippen molar-refractivity contribution in [1.82, 2.24) is 20.5 Å². The number of carbonyl (C=O) groups excluding carboxylic acids is 1. The highest BCUT2D eigenvalue weighted by molar-refractivity contribution is 5.85. The molecule has 2 rings (SSSR count). The molecule has 1 aliphatic heterocycles. The Balaban J connectivity index is 0.00000264. The predicted molar refractivity (Wildman–Crippen MR) is 104 cm³/mol. The summed E-state index contributed by atoms with van der Waals surface area (Å²) in [6, 6.07) is 6.28. The smallest absolute Gasteiger partial charge is 0.234 e. The molecule has 0 bridgehead atoms. The van der Waals surface area contributed by atoms with Crippen LogP contribution in [0.1, 0.15) is 13.8 Å². The van der Waals surface area contributed by atoms with Crippen LogP contribution in [-0.2, 0) is 4.79 Å². The Morgan fingerprint density at radius 1 is 1.25 bits per heavy atom. The van der Waals surface area contributed by atoms with Gasteiger partial charge in [-0.2, -0.15) is 0 Å². The van der Waals surface area contributed by atoms with Crippen LogP contribution in [0, 0.1) is 0 Å². The maximum Gasteiger partial charge on any atom is 0.234 e. The van der Waals surface area contributed by atoms with Gasteiger partial charge in [-0.3, -0.25) is 9.69 Å². The third kappa shape index (κ3) is 7.66. The van der Waals surface area contributed by atoms with Crippen molar-refractivity contribution in [3.63, 3.8) is 0 Å². The highest BCUT2D eigenvalue weighted by Crippen LogP contribution is 2.12. The van der Waals surface area contributed by atoms with E-state index in [1.807, 2.05) is 24.4 Å². The monoisotopic (exact) mass is 377 g/mol. The Kier molecular flexibility index (Phi) is 11.8. The van der Waals surface area contributed by atoms with Gasteiger partial charge in [0.2, 0.25) is 5.91 Å². The molecular weight excluding hydrogens is 349 g/mol. The Morgan fingerprint density at radius 3 is 2.54 bits per heavy atom. The van der Waals surface area contributed by atoms with Crippen molar-refractivity contribution in [2.75, 3.05) is 50.7 Å². The zero-order chi connectivity index (χ0) is 15.8. The number of hydrogen-bond donors (Lipinski definition) is 2. The molecule has 1 atom stereocenters. The van der Waals surface area contributed by atoms with Gasteiger partial charge < -0.3 is 15.5 Å². The number of nitrogens with one attached hydrogen (secondary N) is 2. The van der Waals surface area contributed by atoms with Crippen molar-refractivity contribution >= 4 is 36.5 Å². The number of hydrogen-bond acceptors (Lipinski definition) is 5. The molecule has 1 fully saturated rings. The topological polar surface area (TPSA) is 60.5 Å². The summed E-state index contributed by atoms with van der Waals surface area (Å²) in [5.74, 6) is 1.13. The van der Waals surface area contributed by atoms with Crippen LogP contribution < -0.4 is 15.5 Å². The van der Waals surface area contributed by atoms with Gasteiger partial charge in [0.1, 0.15) is 5.82 Å². The lowest BCUT2D eigenvalue weighted by molar-refractivity contribution is -0.122. The molecule has 6 nitrogen and oxygen atoms in total. The third-order valence-electron chi connectivity index (χ3n) is 3.87. The van der Waals surface area contributed by atoms with Gasteiger partial charge in [0.25, 0.3) is 0 Å². The molecule has 8 heteroatoms. The normalized spacial score (nSPS) is 15.8. The van der Waals surface area contributed by atoms with E-state index in [9.17, 15) is 4.79 Å². The van der Waals surface area contributed by atoms with Gasteiger partial charge in [0.05, 0.1) is 6.54 Å². The maximum absolute atomic E-state index is 12.0. The first kappa shape index (κ1) is 22.9. The first-order chi connectivity index (χ1) is 10.7. The van der Waals surface area contributed by atoms with E-state index in [-0.39, 0.29) is 30.7 Å². The summed E-state index contributed by atoms with van der Waals surface area (Å²) < 4.78 is 0. The number of nitrogens with zero attached hydrogens (tertiary/aromatic N) is 3. The van der Waals surface area contributed by atoms with Crippen LogP contribution in [0.3, 0.4) is 0 Å². The highest BCUT2D eigenvalue weighted by Gasteiger charge is 2.19. The van der Waals surface area contributed by atoms with Gasteiger partial charge in [-0.15, -0.1) is 24.8 Å². The van der Waals surface area contributed by atoms with E-state index in [0.717, 1.165) is 38.5 Å². The maximum atomic E-state index is 12.0. The van der Waals surface area contributed by atoms with E-state index in [4.69, 9.17) is 0 Å². The molecule has 24 heavy (non-hydrogen) atoms. The average Bonchev–Trinajstić information content (AvgIpc) is 2.55. The highest BCUT2D eigenvalue weighted by atomic mass is 35.5. The predicted octanol–water partition coefficient (Wildman–Crippen LogP) is 1.16. The molecule has 2 N–H and O–H groups in total. The molecule has 138 valence electrons. The summed E-state index contributed by atoms with van der Waals surface area (Å²) in [6.45, 7) is 9.85. The first-order valence-corrected chi connectivity index (χ1v) is 8.07. The average molecular weight is 378 g/mol. The molecule has 1 aromatic heterocycles. The van der Waals surface area contributed by atoms with Crippen molar-refractivity contribution < 1.29 is 4.79 Å². The molecule has 0 aliphatic carbocycles. The second kappa shape index (κ2) is 12.3. The van der Waals surface area contributed by atoms with E-state index in [0.29, 0.717) is 19.1 Å². The van der Waals surface area contributed by atoms with Gasteiger partial charge in [-0.1, -0.05) is 13.0 Å². The quantitative estimate of drug-likeness (QED) is 0.746. The molecule has 1 amide bonds. The van der Waals surface area contributed by atoms with Gasteiger partial charge >= 0.3 is 0 Å². The number of aromatic nitrogens is 1. The number of carbonyl (C=O) groups is 1. The SMILES string of the molecule is CCN[C@H](C)CNC(=O)CN1CCN(c2ccccn2)CC1.Cl.Cl. The number of anilines is 1. The largest absolute Gasteiger partial charge is 0.354 e. The van der Waals surface area contributed by atoms with Crippen LogP contribution in [0.15, 0.2) is 24.4 Å². The van der Waals surface area contributed by atoms with Gasteiger partial charge in [-0.05, 0) is 25.6 Å². The van der Waals surface area contributed by atoms with Gasteiger partial charge in [0.15, 0.2) is 0 Å². The molecule has 0 aromatic carbocycles. The molecule has 0 unspecified atom stereocenters. The van der Waals surface area contributed by atoms with Gasteiger partial charge in [-0.25, -0.2) is 4.98 Å². The number of halogens is 2. The molecule has 0 radical (unpaired) electrons. The first-order valence-electron chi connectivity index (χ1n) is 8.07. The van der Waals surface area contributed by atoms with Crippen molar-refractivity contribution in [3.8, 4) is 0 Å². The lowest BCUT2D eigenvalue weighted by Gasteiger charge is -2.35. The second-order valence-electron chi connectivity index (χ2n) is 5.71. The Labute approximate surface area is 157 Å². The summed E-state index contributed by atoms with van der Waals surface area (Å²) in [5.41, 5.74) is 0. The number of rotatable bonds is 7.